The summed E-state index contributed by atoms with van der Waals surface area (Å²) in [6, 6.07) is 5.71. The molecule has 0 spiro atoms. The molecule has 0 unspecified atom stereocenters. The Morgan fingerprint density at radius 1 is 1.50 bits per heavy atom. The van der Waals surface area contributed by atoms with Crippen molar-refractivity contribution in [3.8, 4) is 0 Å². The second-order valence-electron chi connectivity index (χ2n) is 2.54. The molecular weight excluding hydrogens is 170 g/mol. The van der Waals surface area contributed by atoms with Gasteiger partial charge in [-0.25, -0.2) is 0 Å². The van der Waals surface area contributed by atoms with E-state index in [1.54, 1.807) is 6.20 Å². The zero-order chi connectivity index (χ0) is 8.55. The minimum Gasteiger partial charge on any atom is -0.389 e. The fourth-order valence-corrected chi connectivity index (χ4v) is 1.22. The number of nitrogens with two attached hydrogens (primary N) is 1. The van der Waals surface area contributed by atoms with Gasteiger partial charge in [-0.1, -0.05) is 12.2 Å². The molecule has 0 amide bonds. The summed E-state index contributed by atoms with van der Waals surface area (Å²) in [4.78, 5) is 0.415. The Kier molecular flexibility index (Phi) is 1.55. The summed E-state index contributed by atoms with van der Waals surface area (Å²) in [5.74, 6) is 0. The van der Waals surface area contributed by atoms with Crippen LogP contribution in [0.2, 0.25) is 0 Å². The molecule has 1 heterocycles. The van der Waals surface area contributed by atoms with Crippen LogP contribution in [-0.4, -0.2) is 15.2 Å². The van der Waals surface area contributed by atoms with Crippen LogP contribution in [0.5, 0.6) is 0 Å². The number of fused-ring (bicyclic) bond motifs is 1. The predicted octanol–water partition coefficient (Wildman–Crippen LogP) is 1.20. The Balaban J connectivity index is 2.68. The standard InChI is InChI=1S/C8H7N3S/c9-8(12)5-1-2-7-6(3-5)4-10-11-7/h1-4H,(H2,9,12)(H,10,11). The summed E-state index contributed by atoms with van der Waals surface area (Å²) < 4.78 is 0. The number of thiocarbonyl (C=S) groups is 1. The minimum absolute atomic E-state index is 0.415. The third-order valence-corrected chi connectivity index (χ3v) is 1.96. The molecule has 3 nitrogen and oxygen atoms in total. The third-order valence-electron chi connectivity index (χ3n) is 1.72. The van der Waals surface area contributed by atoms with Crippen molar-refractivity contribution >= 4 is 28.1 Å². The first-order valence-corrected chi connectivity index (χ1v) is 3.91. The van der Waals surface area contributed by atoms with Crippen molar-refractivity contribution in [3.05, 3.63) is 30.0 Å². The van der Waals surface area contributed by atoms with E-state index in [0.29, 0.717) is 4.99 Å². The molecule has 60 valence electrons. The SMILES string of the molecule is NC(=S)c1ccc2[nH]ncc2c1. The molecule has 0 bridgehead atoms. The number of hydrogen-bond acceptors (Lipinski definition) is 2. The van der Waals surface area contributed by atoms with Crippen LogP contribution in [0.1, 0.15) is 5.56 Å². The van der Waals surface area contributed by atoms with Crippen LogP contribution in [0, 0.1) is 0 Å². The van der Waals surface area contributed by atoms with Gasteiger partial charge in [0.05, 0.1) is 11.7 Å². The second kappa shape index (κ2) is 2.57. The molecule has 0 radical (unpaired) electrons. The molecule has 0 atom stereocenters. The fourth-order valence-electron chi connectivity index (χ4n) is 1.10. The van der Waals surface area contributed by atoms with Crippen molar-refractivity contribution < 1.29 is 0 Å². The van der Waals surface area contributed by atoms with Crippen LogP contribution in [0.25, 0.3) is 10.9 Å². The topological polar surface area (TPSA) is 54.7 Å². The van der Waals surface area contributed by atoms with E-state index >= 15 is 0 Å². The molecule has 0 aliphatic rings. The Labute approximate surface area is 74.6 Å². The highest BCUT2D eigenvalue weighted by molar-refractivity contribution is 7.80. The van der Waals surface area contributed by atoms with Gasteiger partial charge >= 0.3 is 0 Å². The van der Waals surface area contributed by atoms with E-state index in [2.05, 4.69) is 10.2 Å². The molecule has 3 N–H and O–H groups in total. The molecule has 2 aromatic rings. The van der Waals surface area contributed by atoms with E-state index in [0.717, 1.165) is 16.5 Å². The van der Waals surface area contributed by atoms with E-state index < -0.39 is 0 Å². The maximum Gasteiger partial charge on any atom is 0.104 e. The lowest BCUT2D eigenvalue weighted by molar-refractivity contribution is 1.12. The normalized spacial score (nSPS) is 10.3. The Morgan fingerprint density at radius 2 is 2.33 bits per heavy atom. The summed E-state index contributed by atoms with van der Waals surface area (Å²) in [5.41, 5.74) is 7.34. The van der Waals surface area contributed by atoms with Gasteiger partial charge in [-0.2, -0.15) is 5.10 Å². The molecule has 4 heteroatoms. The second-order valence-corrected chi connectivity index (χ2v) is 2.98. The summed E-state index contributed by atoms with van der Waals surface area (Å²) >= 11 is 4.85. The van der Waals surface area contributed by atoms with Gasteiger partial charge in [-0.3, -0.25) is 5.10 Å². The number of hydrogen-bond donors (Lipinski definition) is 2. The molecular formula is C8H7N3S. The van der Waals surface area contributed by atoms with Crippen LogP contribution in [0.4, 0.5) is 0 Å². The predicted molar refractivity (Wildman–Crippen MR) is 52.0 cm³/mol. The Hall–Kier alpha value is -1.42. The van der Waals surface area contributed by atoms with Crippen molar-refractivity contribution in [2.24, 2.45) is 5.73 Å². The molecule has 12 heavy (non-hydrogen) atoms. The quantitative estimate of drug-likeness (QED) is 0.643. The van der Waals surface area contributed by atoms with Gasteiger partial charge in [0.15, 0.2) is 0 Å². The van der Waals surface area contributed by atoms with Crippen molar-refractivity contribution in [1.82, 2.24) is 10.2 Å². The van der Waals surface area contributed by atoms with E-state index in [9.17, 15) is 0 Å². The number of nitrogens with zero attached hydrogens (tertiary/aromatic N) is 1. The highest BCUT2D eigenvalue weighted by Gasteiger charge is 1.98. The van der Waals surface area contributed by atoms with E-state index in [1.807, 2.05) is 18.2 Å². The van der Waals surface area contributed by atoms with E-state index in [4.69, 9.17) is 18.0 Å². The molecule has 0 fully saturated rings. The number of nitrogens with one attached hydrogen (secondary N) is 1. The Morgan fingerprint density at radius 3 is 3.08 bits per heavy atom. The molecule has 2 rings (SSSR count). The fraction of sp³-hybridized carbons (Fsp3) is 0. The highest BCUT2D eigenvalue weighted by atomic mass is 32.1. The summed E-state index contributed by atoms with van der Waals surface area (Å²) in [6.07, 6.45) is 1.75. The van der Waals surface area contributed by atoms with Crippen molar-refractivity contribution in [2.45, 2.75) is 0 Å². The number of benzene rings is 1. The van der Waals surface area contributed by atoms with Gasteiger partial charge < -0.3 is 5.73 Å². The summed E-state index contributed by atoms with van der Waals surface area (Å²) in [5, 5.41) is 7.77. The van der Waals surface area contributed by atoms with Gasteiger partial charge in [-0.05, 0) is 18.2 Å². The van der Waals surface area contributed by atoms with Crippen molar-refractivity contribution in [1.29, 1.82) is 0 Å². The lowest BCUT2D eigenvalue weighted by Gasteiger charge is -1.96. The van der Waals surface area contributed by atoms with Crippen molar-refractivity contribution in [2.75, 3.05) is 0 Å². The largest absolute Gasteiger partial charge is 0.389 e. The first kappa shape index (κ1) is 7.24. The number of rotatable bonds is 1. The molecule has 1 aromatic carbocycles. The van der Waals surface area contributed by atoms with Gasteiger partial charge in [0, 0.05) is 10.9 Å². The smallest absolute Gasteiger partial charge is 0.104 e. The maximum atomic E-state index is 5.47. The zero-order valence-corrected chi connectivity index (χ0v) is 7.06. The first-order chi connectivity index (χ1) is 5.77. The van der Waals surface area contributed by atoms with Crippen LogP contribution in [-0.2, 0) is 0 Å². The van der Waals surface area contributed by atoms with Crippen molar-refractivity contribution in [3.63, 3.8) is 0 Å². The van der Waals surface area contributed by atoms with Crippen LogP contribution < -0.4 is 5.73 Å². The van der Waals surface area contributed by atoms with Gasteiger partial charge in [-0.15, -0.1) is 0 Å². The average molecular weight is 177 g/mol. The number of H-pyrrole nitrogens is 1. The number of aromatic amines is 1. The molecule has 0 saturated heterocycles. The Bertz CT molecular complexity index is 433. The zero-order valence-electron chi connectivity index (χ0n) is 6.24. The van der Waals surface area contributed by atoms with Gasteiger partial charge in [0.25, 0.3) is 0 Å². The molecule has 0 aliphatic carbocycles. The van der Waals surface area contributed by atoms with Crippen LogP contribution >= 0.6 is 12.2 Å². The average Bonchev–Trinajstić information content (AvgIpc) is 2.49. The lowest BCUT2D eigenvalue weighted by atomic mass is 10.2. The molecule has 1 aromatic heterocycles. The molecule has 0 saturated carbocycles. The van der Waals surface area contributed by atoms with E-state index in [-0.39, 0.29) is 0 Å². The summed E-state index contributed by atoms with van der Waals surface area (Å²) in [6.45, 7) is 0. The van der Waals surface area contributed by atoms with Crippen LogP contribution in [0.15, 0.2) is 24.4 Å². The van der Waals surface area contributed by atoms with Gasteiger partial charge in [0.1, 0.15) is 4.99 Å². The minimum atomic E-state index is 0.415. The maximum absolute atomic E-state index is 5.47. The van der Waals surface area contributed by atoms with E-state index in [1.165, 1.54) is 0 Å². The number of aromatic nitrogens is 2. The summed E-state index contributed by atoms with van der Waals surface area (Å²) in [7, 11) is 0. The third kappa shape index (κ3) is 1.06. The van der Waals surface area contributed by atoms with Gasteiger partial charge in [0.2, 0.25) is 0 Å². The lowest BCUT2D eigenvalue weighted by Crippen LogP contribution is -2.08. The highest BCUT2D eigenvalue weighted by Crippen LogP contribution is 2.12. The molecule has 0 aliphatic heterocycles. The monoisotopic (exact) mass is 177 g/mol. The first-order valence-electron chi connectivity index (χ1n) is 3.50. The van der Waals surface area contributed by atoms with Crippen LogP contribution in [0.3, 0.4) is 0 Å².